The molecule has 0 saturated carbocycles. The molecule has 4 nitrogen and oxygen atoms in total. The zero-order valence-electron chi connectivity index (χ0n) is 11.5. The molecule has 2 aromatic rings. The van der Waals surface area contributed by atoms with Crippen molar-refractivity contribution < 1.29 is 9.53 Å². The Hall–Kier alpha value is -1.88. The molecule has 0 aliphatic heterocycles. The molecule has 0 radical (unpaired) electrons. The Morgan fingerprint density at radius 1 is 1.20 bits per heavy atom. The highest BCUT2D eigenvalue weighted by atomic mass is 79.9. The van der Waals surface area contributed by atoms with Crippen molar-refractivity contribution in [3.05, 3.63) is 51.3 Å². The second-order valence-corrected chi connectivity index (χ2v) is 5.51. The zero-order chi connectivity index (χ0) is 14.9. The molecule has 0 bridgehead atoms. The lowest BCUT2D eigenvalue weighted by atomic mass is 10.1. The first-order valence-corrected chi connectivity index (χ1v) is 6.90. The predicted molar refractivity (Wildman–Crippen MR) is 81.2 cm³/mol. The number of carbonyl (C=O) groups excluding carboxylic acids is 1. The van der Waals surface area contributed by atoms with E-state index in [0.717, 1.165) is 15.7 Å². The Balaban J connectivity index is 2.53. The summed E-state index contributed by atoms with van der Waals surface area (Å²) in [5.74, 6) is 0.563. The van der Waals surface area contributed by atoms with Crippen LogP contribution in [0.3, 0.4) is 0 Å². The number of pyridine rings is 1. The van der Waals surface area contributed by atoms with Crippen LogP contribution in [0.1, 0.15) is 27.3 Å². The predicted octanol–water partition coefficient (Wildman–Crippen LogP) is 3.66. The number of nitrogens with zero attached hydrogens (tertiary/aromatic N) is 1. The van der Waals surface area contributed by atoms with Crippen LogP contribution in [-0.4, -0.2) is 10.9 Å². The van der Waals surface area contributed by atoms with Gasteiger partial charge in [0.1, 0.15) is 17.1 Å². The molecule has 0 spiro atoms. The maximum atomic E-state index is 11.6. The van der Waals surface area contributed by atoms with E-state index in [1.54, 1.807) is 13.0 Å². The first-order valence-electron chi connectivity index (χ1n) is 6.10. The van der Waals surface area contributed by atoms with Crippen LogP contribution in [0.5, 0.6) is 11.5 Å². The Kier molecular flexibility index (Phi) is 4.09. The number of aromatic nitrogens is 1. The number of nitrogens with two attached hydrogens (primary N) is 1. The van der Waals surface area contributed by atoms with E-state index in [-0.39, 0.29) is 0 Å². The molecular weight excluding hydrogens is 320 g/mol. The summed E-state index contributed by atoms with van der Waals surface area (Å²) >= 11 is 3.40. The minimum atomic E-state index is -0.544. The van der Waals surface area contributed by atoms with Crippen LogP contribution in [0.2, 0.25) is 0 Å². The maximum absolute atomic E-state index is 11.6. The average Bonchev–Trinajstić information content (AvgIpc) is 2.32. The third-order valence-corrected chi connectivity index (χ3v) is 3.40. The number of hydrogen-bond donors (Lipinski definition) is 1. The van der Waals surface area contributed by atoms with Crippen LogP contribution in [0, 0.1) is 20.8 Å². The molecule has 20 heavy (non-hydrogen) atoms. The van der Waals surface area contributed by atoms with Gasteiger partial charge in [0.05, 0.1) is 5.69 Å². The first kappa shape index (κ1) is 14.5. The van der Waals surface area contributed by atoms with E-state index in [1.165, 1.54) is 0 Å². The lowest BCUT2D eigenvalue weighted by Gasteiger charge is -2.14. The molecule has 0 fully saturated rings. The highest BCUT2D eigenvalue weighted by molar-refractivity contribution is 9.10. The van der Waals surface area contributed by atoms with Crippen LogP contribution < -0.4 is 10.5 Å². The smallest absolute Gasteiger partial charge is 0.254 e. The average molecular weight is 335 g/mol. The van der Waals surface area contributed by atoms with Gasteiger partial charge in [0.15, 0.2) is 0 Å². The fourth-order valence-electron chi connectivity index (χ4n) is 1.98. The minimum absolute atomic E-state index is 0.315. The van der Waals surface area contributed by atoms with Gasteiger partial charge in [-0.15, -0.1) is 0 Å². The summed E-state index contributed by atoms with van der Waals surface area (Å²) in [5.41, 5.74) is 8.04. The summed E-state index contributed by atoms with van der Waals surface area (Å²) in [6.45, 7) is 5.53. The van der Waals surface area contributed by atoms with E-state index >= 15 is 0 Å². The van der Waals surface area contributed by atoms with Crippen molar-refractivity contribution in [2.24, 2.45) is 5.73 Å². The number of amides is 1. The van der Waals surface area contributed by atoms with E-state index in [9.17, 15) is 4.79 Å². The number of carbonyl (C=O) groups is 1. The van der Waals surface area contributed by atoms with Crippen molar-refractivity contribution >= 4 is 21.8 Å². The Labute approximate surface area is 126 Å². The normalized spacial score (nSPS) is 10.4. The molecule has 0 saturated heterocycles. The first-order chi connectivity index (χ1) is 9.38. The van der Waals surface area contributed by atoms with E-state index in [1.807, 2.05) is 32.0 Å². The van der Waals surface area contributed by atoms with Crippen LogP contribution in [0.25, 0.3) is 0 Å². The summed E-state index contributed by atoms with van der Waals surface area (Å²) in [7, 11) is 0. The third kappa shape index (κ3) is 2.99. The van der Waals surface area contributed by atoms with Gasteiger partial charge in [-0.1, -0.05) is 22.0 Å². The Morgan fingerprint density at radius 2 is 1.90 bits per heavy atom. The van der Waals surface area contributed by atoms with Crippen LogP contribution in [-0.2, 0) is 0 Å². The number of benzene rings is 1. The number of primary amides is 1. The second kappa shape index (κ2) is 5.63. The molecule has 104 valence electrons. The molecule has 1 aromatic carbocycles. The molecule has 0 aliphatic rings. The minimum Gasteiger partial charge on any atom is -0.456 e. The largest absolute Gasteiger partial charge is 0.456 e. The standard InChI is InChI=1S/C15H15BrN2O2/c1-8-4-5-11(16)7-12(8)20-13-6-9(2)18-10(3)14(13)15(17)19/h4-7H,1-3H3,(H2,17,19). The molecule has 1 aromatic heterocycles. The monoisotopic (exact) mass is 334 g/mol. The summed E-state index contributed by atoms with van der Waals surface area (Å²) in [6.07, 6.45) is 0. The lowest BCUT2D eigenvalue weighted by Crippen LogP contribution is -2.15. The van der Waals surface area contributed by atoms with Crippen molar-refractivity contribution in [3.63, 3.8) is 0 Å². The van der Waals surface area contributed by atoms with Crippen molar-refractivity contribution in [1.29, 1.82) is 0 Å². The number of ether oxygens (including phenoxy) is 1. The summed E-state index contributed by atoms with van der Waals surface area (Å²) in [4.78, 5) is 15.8. The molecule has 5 heteroatoms. The topological polar surface area (TPSA) is 65.2 Å². The molecule has 0 aliphatic carbocycles. The molecule has 2 rings (SSSR count). The van der Waals surface area contributed by atoms with Crippen molar-refractivity contribution in [1.82, 2.24) is 4.98 Å². The maximum Gasteiger partial charge on any atom is 0.254 e. The third-order valence-electron chi connectivity index (χ3n) is 2.91. The highest BCUT2D eigenvalue weighted by Gasteiger charge is 2.16. The summed E-state index contributed by atoms with van der Waals surface area (Å²) in [5, 5.41) is 0. The zero-order valence-corrected chi connectivity index (χ0v) is 13.1. The molecule has 2 N–H and O–H groups in total. The van der Waals surface area contributed by atoms with Crippen LogP contribution in [0.15, 0.2) is 28.7 Å². The van der Waals surface area contributed by atoms with Crippen molar-refractivity contribution in [3.8, 4) is 11.5 Å². The SMILES string of the molecule is Cc1cc(Oc2cc(Br)ccc2C)c(C(N)=O)c(C)n1. The molecule has 0 unspecified atom stereocenters. The van der Waals surface area contributed by atoms with Gasteiger partial charge >= 0.3 is 0 Å². The number of rotatable bonds is 3. The van der Waals surface area contributed by atoms with E-state index in [2.05, 4.69) is 20.9 Å². The van der Waals surface area contributed by atoms with Crippen molar-refractivity contribution in [2.75, 3.05) is 0 Å². The van der Waals surface area contributed by atoms with Crippen LogP contribution >= 0.6 is 15.9 Å². The lowest BCUT2D eigenvalue weighted by molar-refractivity contribution is 0.0997. The molecule has 1 heterocycles. The highest BCUT2D eigenvalue weighted by Crippen LogP contribution is 2.31. The molecule has 0 atom stereocenters. The van der Waals surface area contributed by atoms with Gasteiger partial charge in [-0.2, -0.15) is 0 Å². The molecular formula is C15H15BrN2O2. The number of halogens is 1. The fraction of sp³-hybridized carbons (Fsp3) is 0.200. The second-order valence-electron chi connectivity index (χ2n) is 4.60. The van der Waals surface area contributed by atoms with E-state index in [0.29, 0.717) is 22.8 Å². The van der Waals surface area contributed by atoms with E-state index in [4.69, 9.17) is 10.5 Å². The summed E-state index contributed by atoms with van der Waals surface area (Å²) < 4.78 is 6.78. The van der Waals surface area contributed by atoms with Gasteiger partial charge in [0.25, 0.3) is 5.91 Å². The number of aryl methyl sites for hydroxylation is 3. The number of hydrogen-bond acceptors (Lipinski definition) is 3. The summed E-state index contributed by atoms with van der Waals surface area (Å²) in [6, 6.07) is 7.43. The van der Waals surface area contributed by atoms with Crippen LogP contribution in [0.4, 0.5) is 0 Å². The van der Waals surface area contributed by atoms with Gasteiger partial charge in [-0.25, -0.2) is 0 Å². The van der Waals surface area contributed by atoms with Crippen molar-refractivity contribution in [2.45, 2.75) is 20.8 Å². The van der Waals surface area contributed by atoms with Gasteiger partial charge in [-0.3, -0.25) is 9.78 Å². The van der Waals surface area contributed by atoms with E-state index < -0.39 is 5.91 Å². The van der Waals surface area contributed by atoms with Gasteiger partial charge in [0.2, 0.25) is 0 Å². The van der Waals surface area contributed by atoms with Gasteiger partial charge in [-0.05, 0) is 38.5 Å². The fourth-order valence-corrected chi connectivity index (χ4v) is 2.32. The quantitative estimate of drug-likeness (QED) is 0.931. The Bertz CT molecular complexity index is 684. The molecule has 1 amide bonds. The van der Waals surface area contributed by atoms with Gasteiger partial charge < -0.3 is 10.5 Å². The Morgan fingerprint density at radius 3 is 2.55 bits per heavy atom. The van der Waals surface area contributed by atoms with Gasteiger partial charge in [0, 0.05) is 16.2 Å².